The molecular weight excluding hydrogens is 529 g/mol. The van der Waals surface area contributed by atoms with E-state index < -0.39 is 5.91 Å². The Balaban J connectivity index is 1.20. The maximum atomic E-state index is 12.4. The summed E-state index contributed by atoms with van der Waals surface area (Å²) in [5.74, 6) is 0.779. The molecule has 10 heteroatoms. The fourth-order valence-corrected chi connectivity index (χ4v) is 4.02. The van der Waals surface area contributed by atoms with Crippen LogP contribution in [0.1, 0.15) is 11.3 Å². The van der Waals surface area contributed by atoms with Crippen molar-refractivity contribution in [2.75, 3.05) is 5.32 Å². The molecule has 0 saturated carbocycles. The zero-order valence-corrected chi connectivity index (χ0v) is 21.7. The first-order chi connectivity index (χ1) is 17.8. The summed E-state index contributed by atoms with van der Waals surface area (Å²) in [7, 11) is 0. The second-order valence-electron chi connectivity index (χ2n) is 8.11. The van der Waals surface area contributed by atoms with E-state index in [1.807, 2.05) is 49.4 Å². The van der Waals surface area contributed by atoms with Gasteiger partial charge in [-0.15, -0.1) is 10.2 Å². The minimum absolute atomic E-state index is 0.147. The number of aryl methyl sites for hydroxylation is 1. The number of carbonyl (C=O) groups is 1. The number of halogens is 2. The number of carbonyl (C=O) groups excluding carboxylic acids is 1. The van der Waals surface area contributed by atoms with E-state index in [0.717, 1.165) is 16.8 Å². The van der Waals surface area contributed by atoms with Crippen LogP contribution < -0.4 is 10.6 Å². The Morgan fingerprint density at radius 1 is 0.973 bits per heavy atom. The maximum absolute atomic E-state index is 12.4. The molecule has 5 aromatic rings. The number of aromatic nitrogens is 3. The number of furan rings is 1. The molecule has 0 saturated heterocycles. The largest absolute Gasteiger partial charge is 0.457 e. The number of anilines is 1. The Kier molecular flexibility index (Phi) is 7.05. The molecule has 0 unspecified atom stereocenters. The van der Waals surface area contributed by atoms with Crippen molar-refractivity contribution < 1.29 is 9.21 Å². The van der Waals surface area contributed by atoms with Crippen LogP contribution in [0, 0.1) is 6.92 Å². The number of fused-ring (bicyclic) bond motifs is 1. The summed E-state index contributed by atoms with van der Waals surface area (Å²) in [6, 6.07) is 21.9. The van der Waals surface area contributed by atoms with Crippen LogP contribution in [-0.4, -0.2) is 26.0 Å². The summed E-state index contributed by atoms with van der Waals surface area (Å²) in [5, 5.41) is 16.0. The van der Waals surface area contributed by atoms with Crippen molar-refractivity contribution in [1.29, 1.82) is 0 Å². The number of thiocarbonyl (C=S) groups is 1. The Labute approximate surface area is 227 Å². The molecule has 0 aliphatic carbocycles. The van der Waals surface area contributed by atoms with Crippen molar-refractivity contribution in [3.05, 3.63) is 100 Å². The zero-order valence-electron chi connectivity index (χ0n) is 19.4. The summed E-state index contributed by atoms with van der Waals surface area (Å²) in [6.07, 6.45) is 2.91. The molecular formula is C27H19Cl2N5O2S. The second-order valence-corrected chi connectivity index (χ2v) is 9.36. The van der Waals surface area contributed by atoms with E-state index in [0.29, 0.717) is 38.3 Å². The van der Waals surface area contributed by atoms with Gasteiger partial charge in [0.2, 0.25) is 5.91 Å². The molecule has 0 fully saturated rings. The third-order valence-corrected chi connectivity index (χ3v) is 6.28. The van der Waals surface area contributed by atoms with Gasteiger partial charge in [-0.05, 0) is 91.4 Å². The van der Waals surface area contributed by atoms with Crippen molar-refractivity contribution in [3.63, 3.8) is 0 Å². The van der Waals surface area contributed by atoms with E-state index in [1.165, 1.54) is 10.9 Å². The molecule has 2 heterocycles. The summed E-state index contributed by atoms with van der Waals surface area (Å²) in [4.78, 5) is 13.9. The quantitative estimate of drug-likeness (QED) is 0.185. The number of rotatable bonds is 5. The van der Waals surface area contributed by atoms with Gasteiger partial charge in [0, 0.05) is 27.4 Å². The fraction of sp³-hybridized carbons (Fsp3) is 0.0370. The lowest BCUT2D eigenvalue weighted by Crippen LogP contribution is -2.32. The monoisotopic (exact) mass is 547 g/mol. The van der Waals surface area contributed by atoms with Gasteiger partial charge in [-0.3, -0.25) is 10.1 Å². The van der Waals surface area contributed by atoms with Crippen LogP contribution in [0.4, 0.5) is 5.69 Å². The molecule has 5 rings (SSSR count). The molecule has 2 N–H and O–H groups in total. The van der Waals surface area contributed by atoms with E-state index in [1.54, 1.807) is 36.4 Å². The summed E-state index contributed by atoms with van der Waals surface area (Å²) in [6.45, 7) is 1.94. The first kappa shape index (κ1) is 24.7. The molecule has 0 atom stereocenters. The van der Waals surface area contributed by atoms with Crippen molar-refractivity contribution >= 4 is 69.2 Å². The Hall–Kier alpha value is -3.98. The van der Waals surface area contributed by atoms with Crippen LogP contribution in [0.3, 0.4) is 0 Å². The lowest BCUT2D eigenvalue weighted by molar-refractivity contribution is -0.115. The smallest absolute Gasteiger partial charge is 0.250 e. The summed E-state index contributed by atoms with van der Waals surface area (Å²) >= 11 is 17.4. The van der Waals surface area contributed by atoms with Crippen LogP contribution >= 0.6 is 35.4 Å². The third-order valence-electron chi connectivity index (χ3n) is 5.41. The number of amides is 1. The normalized spacial score (nSPS) is 11.2. The Morgan fingerprint density at radius 2 is 1.76 bits per heavy atom. The summed E-state index contributed by atoms with van der Waals surface area (Å²) in [5.41, 5.74) is 4.67. The van der Waals surface area contributed by atoms with Crippen LogP contribution in [0.5, 0.6) is 0 Å². The van der Waals surface area contributed by atoms with Crippen LogP contribution in [-0.2, 0) is 4.79 Å². The fourth-order valence-electron chi connectivity index (χ4n) is 3.50. The Bertz CT molecular complexity index is 1660. The lowest BCUT2D eigenvalue weighted by atomic mass is 10.1. The molecule has 2 aromatic heterocycles. The first-order valence-electron chi connectivity index (χ1n) is 11.1. The number of nitrogens with zero attached hydrogens (tertiary/aromatic N) is 3. The predicted octanol–water partition coefficient (Wildman–Crippen LogP) is 6.82. The molecule has 0 aliphatic heterocycles. The van der Waals surface area contributed by atoms with Gasteiger partial charge in [0.05, 0.1) is 5.69 Å². The number of hydrogen-bond acceptors (Lipinski definition) is 5. The van der Waals surface area contributed by atoms with E-state index in [4.69, 9.17) is 39.8 Å². The molecule has 0 radical (unpaired) electrons. The van der Waals surface area contributed by atoms with E-state index in [2.05, 4.69) is 20.8 Å². The minimum Gasteiger partial charge on any atom is -0.457 e. The topological polar surface area (TPSA) is 85.0 Å². The van der Waals surface area contributed by atoms with Gasteiger partial charge in [-0.1, -0.05) is 35.3 Å². The highest BCUT2D eigenvalue weighted by molar-refractivity contribution is 7.80. The molecule has 3 aromatic carbocycles. The molecule has 0 aliphatic rings. The van der Waals surface area contributed by atoms with E-state index in [9.17, 15) is 4.79 Å². The minimum atomic E-state index is -0.399. The van der Waals surface area contributed by atoms with Crippen LogP contribution in [0.15, 0.2) is 83.3 Å². The first-order valence-corrected chi connectivity index (χ1v) is 12.3. The van der Waals surface area contributed by atoms with Gasteiger partial charge in [-0.25, -0.2) is 0 Å². The number of nitrogens with one attached hydrogen (secondary N) is 2. The van der Waals surface area contributed by atoms with Gasteiger partial charge < -0.3 is 9.73 Å². The highest BCUT2D eigenvalue weighted by atomic mass is 35.5. The average molecular weight is 548 g/mol. The van der Waals surface area contributed by atoms with Gasteiger partial charge in [0.25, 0.3) is 0 Å². The van der Waals surface area contributed by atoms with Gasteiger partial charge >= 0.3 is 0 Å². The average Bonchev–Trinajstić information content (AvgIpc) is 3.52. The van der Waals surface area contributed by atoms with Gasteiger partial charge in [-0.2, -0.15) is 4.80 Å². The molecule has 7 nitrogen and oxygen atoms in total. The lowest BCUT2D eigenvalue weighted by Gasteiger charge is -2.07. The SMILES string of the molecule is Cc1ccc(-c2ccc(/C=C/C(=O)NC(=S)Nc3ccc4nn(-c5ccc(Cl)cc5)nc4c3)o2)cc1Cl. The zero-order chi connectivity index (χ0) is 25.9. The van der Waals surface area contributed by atoms with Crippen molar-refractivity contribution in [2.24, 2.45) is 0 Å². The van der Waals surface area contributed by atoms with E-state index >= 15 is 0 Å². The van der Waals surface area contributed by atoms with Crippen LogP contribution in [0.2, 0.25) is 10.0 Å². The second kappa shape index (κ2) is 10.6. The number of benzene rings is 3. The molecule has 184 valence electrons. The van der Waals surface area contributed by atoms with Crippen molar-refractivity contribution in [2.45, 2.75) is 6.92 Å². The molecule has 0 bridgehead atoms. The summed E-state index contributed by atoms with van der Waals surface area (Å²) < 4.78 is 5.80. The molecule has 0 spiro atoms. The standard InChI is InChI=1S/C27H19Cl2N5O2S/c1-16-2-3-17(14-22(16)29)25-12-9-21(36-25)10-13-26(35)31-27(37)30-19-6-11-23-24(15-19)33-34(32-23)20-7-4-18(28)5-8-20/h2-15H,1H3,(H2,30,31,35,37)/b13-10+. The third kappa shape index (κ3) is 5.89. The van der Waals surface area contributed by atoms with Crippen molar-refractivity contribution in [3.8, 4) is 17.0 Å². The van der Waals surface area contributed by atoms with Crippen LogP contribution in [0.25, 0.3) is 34.1 Å². The van der Waals surface area contributed by atoms with Crippen molar-refractivity contribution in [1.82, 2.24) is 20.3 Å². The maximum Gasteiger partial charge on any atom is 0.250 e. The van der Waals surface area contributed by atoms with E-state index in [-0.39, 0.29) is 5.11 Å². The van der Waals surface area contributed by atoms with Gasteiger partial charge in [0.1, 0.15) is 22.6 Å². The molecule has 1 amide bonds. The highest BCUT2D eigenvalue weighted by Crippen LogP contribution is 2.27. The number of hydrogen-bond donors (Lipinski definition) is 2. The van der Waals surface area contributed by atoms with Gasteiger partial charge in [0.15, 0.2) is 5.11 Å². The Morgan fingerprint density at radius 3 is 2.54 bits per heavy atom. The predicted molar refractivity (Wildman–Crippen MR) is 151 cm³/mol. The highest BCUT2D eigenvalue weighted by Gasteiger charge is 2.09. The molecule has 37 heavy (non-hydrogen) atoms.